The second kappa shape index (κ2) is 12.2. The van der Waals surface area contributed by atoms with Gasteiger partial charge in [0, 0.05) is 44.6 Å². The van der Waals surface area contributed by atoms with Crippen molar-refractivity contribution in [3.63, 3.8) is 0 Å². The molecule has 1 atom stereocenters. The molecule has 0 fully saturated rings. The van der Waals surface area contributed by atoms with E-state index in [0.717, 1.165) is 44.7 Å². The number of hydrogen-bond acceptors (Lipinski definition) is 3. The maximum Gasteiger partial charge on any atom is 0.148 e. The molecular formula is C38H28N3OPt-. The monoisotopic (exact) mass is 737 g/mol. The van der Waals surface area contributed by atoms with Gasteiger partial charge in [0.15, 0.2) is 0 Å². The Kier molecular flexibility index (Phi) is 8.05. The molecule has 1 unspecified atom stereocenters. The minimum absolute atomic E-state index is 0. The third-order valence-corrected chi connectivity index (χ3v) is 7.79. The van der Waals surface area contributed by atoms with Crippen LogP contribution in [0.1, 0.15) is 24.0 Å². The number of imidazole rings is 1. The van der Waals surface area contributed by atoms with Gasteiger partial charge in [0.05, 0.1) is 16.6 Å². The second-order valence-electron chi connectivity index (χ2n) is 10.3. The van der Waals surface area contributed by atoms with Crippen molar-refractivity contribution in [3.05, 3.63) is 157 Å². The molecule has 7 rings (SSSR count). The number of aromatic hydroxyl groups is 1. The SMILES string of the molecule is CC(c1ccccc1)c1cccnc1-c1[c-]c(-c2cccc3c2nc(-c2ccccc2O)n3-c2ccccc2)ccc1.[Pt]. The van der Waals surface area contributed by atoms with Gasteiger partial charge in [-0.2, -0.15) is 0 Å². The van der Waals surface area contributed by atoms with Crippen LogP contribution in [0, 0.1) is 6.07 Å². The van der Waals surface area contributed by atoms with Gasteiger partial charge in [-0.15, -0.1) is 29.8 Å². The summed E-state index contributed by atoms with van der Waals surface area (Å²) in [6.45, 7) is 2.22. The van der Waals surface area contributed by atoms with Crippen LogP contribution < -0.4 is 0 Å². The third-order valence-electron chi connectivity index (χ3n) is 7.79. The number of fused-ring (bicyclic) bond motifs is 1. The normalized spacial score (nSPS) is 11.7. The van der Waals surface area contributed by atoms with E-state index in [2.05, 4.69) is 96.4 Å². The molecule has 0 saturated carbocycles. The number of nitrogens with zero attached hydrogens (tertiary/aromatic N) is 3. The van der Waals surface area contributed by atoms with Crippen LogP contribution in [0.3, 0.4) is 0 Å². The predicted molar refractivity (Wildman–Crippen MR) is 170 cm³/mol. The van der Waals surface area contributed by atoms with Crippen LogP contribution in [0.2, 0.25) is 0 Å². The Hall–Kier alpha value is -4.79. The molecule has 43 heavy (non-hydrogen) atoms. The van der Waals surface area contributed by atoms with E-state index in [1.165, 1.54) is 5.56 Å². The maximum atomic E-state index is 10.8. The van der Waals surface area contributed by atoms with Gasteiger partial charge < -0.3 is 5.11 Å². The largest absolute Gasteiger partial charge is 0.507 e. The minimum Gasteiger partial charge on any atom is -0.507 e. The second-order valence-corrected chi connectivity index (χ2v) is 10.3. The van der Waals surface area contributed by atoms with Gasteiger partial charge >= 0.3 is 0 Å². The van der Waals surface area contributed by atoms with E-state index in [0.29, 0.717) is 11.4 Å². The van der Waals surface area contributed by atoms with Crippen LogP contribution in [0.5, 0.6) is 5.75 Å². The Balaban J connectivity index is 0.00000329. The fraction of sp³-hybridized carbons (Fsp3) is 0.0526. The first-order valence-corrected chi connectivity index (χ1v) is 14.1. The molecule has 0 aliphatic carbocycles. The molecule has 0 bridgehead atoms. The molecule has 2 heterocycles. The summed E-state index contributed by atoms with van der Waals surface area (Å²) >= 11 is 0. The number of aromatic nitrogens is 3. The van der Waals surface area contributed by atoms with E-state index in [1.54, 1.807) is 6.07 Å². The van der Waals surface area contributed by atoms with Gasteiger partial charge in [-0.1, -0.05) is 96.9 Å². The molecule has 0 spiro atoms. The van der Waals surface area contributed by atoms with Crippen molar-refractivity contribution >= 4 is 11.0 Å². The Labute approximate surface area is 265 Å². The average molecular weight is 738 g/mol. The molecule has 5 aromatic carbocycles. The van der Waals surface area contributed by atoms with E-state index in [1.807, 2.05) is 54.7 Å². The van der Waals surface area contributed by atoms with Crippen molar-refractivity contribution < 1.29 is 26.2 Å². The van der Waals surface area contributed by atoms with Crippen LogP contribution in [0.15, 0.2) is 140 Å². The molecule has 1 N–H and O–H groups in total. The zero-order valence-electron chi connectivity index (χ0n) is 23.5. The number of rotatable bonds is 6. The number of hydrogen-bond donors (Lipinski definition) is 1. The molecule has 0 aliphatic heterocycles. The maximum absolute atomic E-state index is 10.8. The summed E-state index contributed by atoms with van der Waals surface area (Å²) in [5.41, 5.74) is 9.60. The topological polar surface area (TPSA) is 50.9 Å². The molecule has 212 valence electrons. The van der Waals surface area contributed by atoms with E-state index in [-0.39, 0.29) is 32.7 Å². The molecule has 2 aromatic heterocycles. The molecular weight excluding hydrogens is 710 g/mol. The summed E-state index contributed by atoms with van der Waals surface area (Å²) in [4.78, 5) is 9.97. The Morgan fingerprint density at radius 3 is 2.14 bits per heavy atom. The summed E-state index contributed by atoms with van der Waals surface area (Å²) < 4.78 is 2.11. The van der Waals surface area contributed by atoms with Gasteiger partial charge in [0.2, 0.25) is 0 Å². The molecule has 0 amide bonds. The summed E-state index contributed by atoms with van der Waals surface area (Å²) in [5.74, 6) is 1.05. The number of benzene rings is 5. The van der Waals surface area contributed by atoms with Crippen molar-refractivity contribution in [2.75, 3.05) is 0 Å². The summed E-state index contributed by atoms with van der Waals surface area (Å²) in [5, 5.41) is 10.8. The van der Waals surface area contributed by atoms with Crippen molar-refractivity contribution in [2.45, 2.75) is 12.8 Å². The molecule has 7 aromatic rings. The first kappa shape index (κ1) is 28.3. The molecule has 5 heteroatoms. The van der Waals surface area contributed by atoms with Gasteiger partial charge in [0.25, 0.3) is 0 Å². The first-order chi connectivity index (χ1) is 20.7. The average Bonchev–Trinajstić information content (AvgIpc) is 3.45. The van der Waals surface area contributed by atoms with E-state index >= 15 is 0 Å². The minimum atomic E-state index is 0. The van der Waals surface area contributed by atoms with E-state index in [4.69, 9.17) is 9.97 Å². The smallest absolute Gasteiger partial charge is 0.148 e. The van der Waals surface area contributed by atoms with E-state index < -0.39 is 0 Å². The third kappa shape index (κ3) is 5.31. The summed E-state index contributed by atoms with van der Waals surface area (Å²) in [6, 6.07) is 48.2. The van der Waals surface area contributed by atoms with Crippen LogP contribution in [0.25, 0.3) is 50.5 Å². The van der Waals surface area contributed by atoms with Crippen molar-refractivity contribution in [1.82, 2.24) is 14.5 Å². The Morgan fingerprint density at radius 1 is 0.674 bits per heavy atom. The van der Waals surface area contributed by atoms with Gasteiger partial charge in [-0.3, -0.25) is 9.55 Å². The first-order valence-electron chi connectivity index (χ1n) is 14.1. The van der Waals surface area contributed by atoms with Gasteiger partial charge in [-0.25, -0.2) is 4.98 Å². The molecule has 0 saturated heterocycles. The molecule has 4 nitrogen and oxygen atoms in total. The van der Waals surface area contributed by atoms with Crippen molar-refractivity contribution in [3.8, 4) is 45.2 Å². The molecule has 0 aliphatic rings. The number of pyridine rings is 1. The standard InChI is InChI=1S/C38H28N3O.Pt/c1-26(27-13-4-2-5-14-27)31-21-12-24-39-36(31)29-16-10-15-28(25-29)32-20-11-22-34-37(32)40-38(33-19-8-9-23-35(33)42)41(34)30-17-6-3-7-18-30;/h2-24,26,42H,1H3;/q-1;. The number of phenols is 1. The number of phenolic OH excluding ortho intramolecular Hbond substituents is 1. The summed E-state index contributed by atoms with van der Waals surface area (Å²) in [6.07, 6.45) is 1.85. The van der Waals surface area contributed by atoms with Gasteiger partial charge in [-0.05, 0) is 47.5 Å². The number of para-hydroxylation sites is 3. The summed E-state index contributed by atoms with van der Waals surface area (Å²) in [7, 11) is 0. The fourth-order valence-corrected chi connectivity index (χ4v) is 5.68. The Morgan fingerprint density at radius 2 is 1.35 bits per heavy atom. The Bertz CT molecular complexity index is 2020. The van der Waals surface area contributed by atoms with Crippen LogP contribution in [-0.4, -0.2) is 19.6 Å². The van der Waals surface area contributed by atoms with Crippen LogP contribution >= 0.6 is 0 Å². The van der Waals surface area contributed by atoms with Crippen molar-refractivity contribution in [1.29, 1.82) is 0 Å². The fourth-order valence-electron chi connectivity index (χ4n) is 5.68. The van der Waals surface area contributed by atoms with Crippen molar-refractivity contribution in [2.24, 2.45) is 0 Å². The quantitative estimate of drug-likeness (QED) is 0.173. The molecule has 0 radical (unpaired) electrons. The van der Waals surface area contributed by atoms with E-state index in [9.17, 15) is 5.11 Å². The zero-order chi connectivity index (χ0) is 28.5. The predicted octanol–water partition coefficient (Wildman–Crippen LogP) is 9.08. The van der Waals surface area contributed by atoms with Crippen LogP contribution in [-0.2, 0) is 21.1 Å². The zero-order valence-corrected chi connectivity index (χ0v) is 25.7. The van der Waals surface area contributed by atoms with Gasteiger partial charge in [0.1, 0.15) is 11.6 Å². The van der Waals surface area contributed by atoms with Crippen LogP contribution in [0.4, 0.5) is 0 Å².